The Kier molecular flexibility index (Phi) is 6.74. The minimum Gasteiger partial charge on any atom is -0.397 e. The zero-order chi connectivity index (χ0) is 20.3. The van der Waals surface area contributed by atoms with Crippen LogP contribution < -0.4 is 0 Å². The minimum atomic E-state index is -4.64. The number of ketones is 1. The molecule has 0 aromatic heterocycles. The normalized spacial score (nSPS) is 20.4. The third kappa shape index (κ3) is 4.06. The standard InChI is InChI=1S/C21H29F3O2Si/c1-5-12-27(13-6-2,14-7-3)26-20(21(22,23)24)15-16(4)19(25)17-10-8-9-11-18(17)20/h8-11,15H,5-7,12-14H2,1-4H3. The summed E-state index contributed by atoms with van der Waals surface area (Å²) in [7, 11) is -2.66. The summed E-state index contributed by atoms with van der Waals surface area (Å²) < 4.78 is 50.0. The first-order chi connectivity index (χ1) is 12.7. The van der Waals surface area contributed by atoms with Crippen molar-refractivity contribution >= 4 is 14.1 Å². The maximum atomic E-state index is 14.6. The van der Waals surface area contributed by atoms with Crippen molar-refractivity contribution in [3.05, 3.63) is 47.0 Å². The molecule has 0 saturated carbocycles. The van der Waals surface area contributed by atoms with Gasteiger partial charge in [-0.3, -0.25) is 4.79 Å². The summed E-state index contributed by atoms with van der Waals surface area (Å²) in [5.74, 6) is -0.359. The number of Topliss-reactive ketones (excluding diaryl/α,β-unsaturated/α-hetero) is 1. The number of halogens is 3. The van der Waals surface area contributed by atoms with E-state index in [1.54, 1.807) is 12.1 Å². The van der Waals surface area contributed by atoms with Crippen LogP contribution in [0.3, 0.4) is 0 Å². The predicted octanol–water partition coefficient (Wildman–Crippen LogP) is 6.78. The van der Waals surface area contributed by atoms with Gasteiger partial charge in [-0.15, -0.1) is 0 Å². The van der Waals surface area contributed by atoms with Crippen LogP contribution in [-0.2, 0) is 10.0 Å². The molecule has 0 fully saturated rings. The Labute approximate surface area is 160 Å². The first-order valence-electron chi connectivity index (χ1n) is 9.77. The van der Waals surface area contributed by atoms with Gasteiger partial charge in [-0.2, -0.15) is 13.2 Å². The average molecular weight is 399 g/mol. The molecule has 2 rings (SSSR count). The largest absolute Gasteiger partial charge is 0.424 e. The summed E-state index contributed by atoms with van der Waals surface area (Å²) in [5, 5.41) is 0. The van der Waals surface area contributed by atoms with Crippen molar-refractivity contribution in [1.82, 2.24) is 0 Å². The van der Waals surface area contributed by atoms with Gasteiger partial charge in [0.1, 0.15) is 0 Å². The second-order valence-corrected chi connectivity index (χ2v) is 11.5. The molecule has 0 spiro atoms. The lowest BCUT2D eigenvalue weighted by Crippen LogP contribution is -2.54. The number of benzene rings is 1. The molecule has 2 nitrogen and oxygen atoms in total. The molecule has 0 bridgehead atoms. The molecule has 1 unspecified atom stereocenters. The van der Waals surface area contributed by atoms with E-state index in [2.05, 4.69) is 0 Å². The molecule has 0 amide bonds. The van der Waals surface area contributed by atoms with Crippen LogP contribution in [-0.4, -0.2) is 20.3 Å². The lowest BCUT2D eigenvalue weighted by atomic mass is 9.80. The molecule has 1 aromatic carbocycles. The first-order valence-corrected chi connectivity index (χ1v) is 12.3. The predicted molar refractivity (Wildman–Crippen MR) is 104 cm³/mol. The number of rotatable bonds is 8. The van der Waals surface area contributed by atoms with Crippen LogP contribution in [0.4, 0.5) is 13.2 Å². The Balaban J connectivity index is 2.72. The van der Waals surface area contributed by atoms with Crippen LogP contribution in [0.25, 0.3) is 0 Å². The Morgan fingerprint density at radius 3 is 2.00 bits per heavy atom. The molecular weight excluding hydrogens is 369 g/mol. The lowest BCUT2D eigenvalue weighted by molar-refractivity contribution is -0.239. The molecule has 1 atom stereocenters. The van der Waals surface area contributed by atoms with E-state index in [-0.39, 0.29) is 22.5 Å². The van der Waals surface area contributed by atoms with Gasteiger partial charge in [-0.05, 0) is 36.7 Å². The molecule has 0 heterocycles. The van der Waals surface area contributed by atoms with Crippen molar-refractivity contribution in [2.24, 2.45) is 0 Å². The van der Waals surface area contributed by atoms with Gasteiger partial charge >= 0.3 is 6.18 Å². The third-order valence-corrected chi connectivity index (χ3v) is 10.3. The zero-order valence-electron chi connectivity index (χ0n) is 16.6. The number of carbonyl (C=O) groups excluding carboxylic acids is 1. The maximum Gasteiger partial charge on any atom is 0.424 e. The Bertz CT molecular complexity index is 695. The van der Waals surface area contributed by atoms with E-state index in [1.165, 1.54) is 19.1 Å². The summed E-state index contributed by atoms with van der Waals surface area (Å²) in [6.07, 6.45) is -1.23. The fourth-order valence-corrected chi connectivity index (χ4v) is 9.04. The summed E-state index contributed by atoms with van der Waals surface area (Å²) in [6.45, 7) is 7.44. The molecule has 0 N–H and O–H groups in total. The SMILES string of the molecule is CCC[Si](CCC)(CCC)OC1(C(F)(F)F)C=C(C)C(=O)c2ccccc21. The first kappa shape index (κ1) is 21.9. The number of hydrogen-bond acceptors (Lipinski definition) is 2. The summed E-state index contributed by atoms with van der Waals surface area (Å²) in [4.78, 5) is 12.5. The average Bonchev–Trinajstić information content (AvgIpc) is 2.59. The van der Waals surface area contributed by atoms with Crippen molar-refractivity contribution in [3.63, 3.8) is 0 Å². The fraction of sp³-hybridized carbons (Fsp3) is 0.571. The van der Waals surface area contributed by atoms with Crippen LogP contribution >= 0.6 is 0 Å². The molecule has 0 aliphatic heterocycles. The number of carbonyl (C=O) groups is 1. The van der Waals surface area contributed by atoms with Crippen molar-refractivity contribution in [2.45, 2.75) is 76.9 Å². The van der Waals surface area contributed by atoms with Crippen molar-refractivity contribution < 1.29 is 22.4 Å². The molecule has 1 aliphatic carbocycles. The van der Waals surface area contributed by atoms with Crippen LogP contribution in [0, 0.1) is 0 Å². The highest BCUT2D eigenvalue weighted by Gasteiger charge is 2.61. The van der Waals surface area contributed by atoms with Crippen molar-refractivity contribution in [1.29, 1.82) is 0 Å². The Morgan fingerprint density at radius 1 is 1.00 bits per heavy atom. The van der Waals surface area contributed by atoms with Crippen LogP contribution in [0.1, 0.15) is 62.9 Å². The van der Waals surface area contributed by atoms with Crippen LogP contribution in [0.5, 0.6) is 0 Å². The second kappa shape index (κ2) is 8.31. The van der Waals surface area contributed by atoms with E-state index in [0.717, 1.165) is 25.3 Å². The highest BCUT2D eigenvalue weighted by atomic mass is 28.4. The molecule has 0 saturated heterocycles. The Morgan fingerprint density at radius 2 is 1.52 bits per heavy atom. The third-order valence-electron chi connectivity index (χ3n) is 5.27. The van der Waals surface area contributed by atoms with Gasteiger partial charge in [-0.1, -0.05) is 64.3 Å². The quantitative estimate of drug-likeness (QED) is 0.451. The summed E-state index contributed by atoms with van der Waals surface area (Å²) in [6, 6.07) is 8.09. The number of hydrogen-bond donors (Lipinski definition) is 0. The van der Waals surface area contributed by atoms with E-state index in [1.807, 2.05) is 20.8 Å². The lowest BCUT2D eigenvalue weighted by Gasteiger charge is -2.45. The van der Waals surface area contributed by atoms with Gasteiger partial charge in [0.2, 0.25) is 0 Å². The minimum absolute atomic E-state index is 0.0618. The van der Waals surface area contributed by atoms with Crippen molar-refractivity contribution in [3.8, 4) is 0 Å². The van der Waals surface area contributed by atoms with E-state index in [9.17, 15) is 18.0 Å². The topological polar surface area (TPSA) is 26.3 Å². The number of alkyl halides is 3. The van der Waals surface area contributed by atoms with E-state index in [4.69, 9.17) is 4.43 Å². The zero-order valence-corrected chi connectivity index (χ0v) is 17.6. The van der Waals surface area contributed by atoms with Crippen molar-refractivity contribution in [2.75, 3.05) is 0 Å². The highest BCUT2D eigenvalue weighted by Crippen LogP contribution is 2.51. The van der Waals surface area contributed by atoms with Gasteiger partial charge in [0.15, 0.2) is 19.7 Å². The number of fused-ring (bicyclic) bond motifs is 1. The van der Waals surface area contributed by atoms with Gasteiger partial charge in [-0.25, -0.2) is 0 Å². The molecule has 0 radical (unpaired) electrons. The smallest absolute Gasteiger partial charge is 0.397 e. The van der Waals surface area contributed by atoms with E-state index in [0.29, 0.717) is 18.1 Å². The molecule has 150 valence electrons. The summed E-state index contributed by atoms with van der Waals surface area (Å²) >= 11 is 0. The van der Waals surface area contributed by atoms with Crippen LogP contribution in [0.2, 0.25) is 18.1 Å². The van der Waals surface area contributed by atoms with Gasteiger partial charge in [0.25, 0.3) is 0 Å². The molecule has 1 aliphatic rings. The molecular formula is C21H29F3O2Si. The van der Waals surface area contributed by atoms with E-state index >= 15 is 0 Å². The van der Waals surface area contributed by atoms with Gasteiger partial charge < -0.3 is 4.43 Å². The molecule has 6 heteroatoms. The highest BCUT2D eigenvalue weighted by molar-refractivity contribution is 6.74. The maximum absolute atomic E-state index is 14.6. The Hall–Kier alpha value is -1.40. The molecule has 1 aromatic rings. The van der Waals surface area contributed by atoms with Gasteiger partial charge in [0, 0.05) is 11.1 Å². The number of allylic oxidation sites excluding steroid dienone is 1. The van der Waals surface area contributed by atoms with Gasteiger partial charge in [0.05, 0.1) is 0 Å². The summed E-state index contributed by atoms with van der Waals surface area (Å²) in [5.41, 5.74) is -2.40. The fourth-order valence-electron chi connectivity index (χ4n) is 4.28. The van der Waals surface area contributed by atoms with Crippen LogP contribution in [0.15, 0.2) is 35.9 Å². The molecule has 27 heavy (non-hydrogen) atoms. The second-order valence-electron chi connectivity index (χ2n) is 7.47. The van der Waals surface area contributed by atoms with E-state index < -0.39 is 20.1 Å². The monoisotopic (exact) mass is 398 g/mol.